The van der Waals surface area contributed by atoms with E-state index in [4.69, 9.17) is 42.0 Å². The largest absolute Gasteiger partial charge is 0.414 e. The molecule has 0 bridgehead atoms. The zero-order valence-corrected chi connectivity index (χ0v) is 64.3. The molecule has 0 spiro atoms. The molecule has 101 heavy (non-hydrogen) atoms. The van der Waals surface area contributed by atoms with E-state index in [0.29, 0.717) is 38.2 Å². The third-order valence-corrected chi connectivity index (χ3v) is 31.8. The molecule has 9 aromatic rings. The first-order valence-electron chi connectivity index (χ1n) is 34.7. The van der Waals surface area contributed by atoms with Crippen molar-refractivity contribution in [1.82, 2.24) is 0 Å². The molecule has 2 aliphatic rings. The van der Waals surface area contributed by atoms with Gasteiger partial charge in [0.25, 0.3) is 0 Å². The van der Waals surface area contributed by atoms with Crippen LogP contribution in [0.4, 0.5) is 8.78 Å². The maximum absolute atomic E-state index is 13.7. The summed E-state index contributed by atoms with van der Waals surface area (Å²) in [5, 5.41) is 32.8. The fourth-order valence-corrected chi connectivity index (χ4v) is 16.3. The first-order valence-corrected chi connectivity index (χ1v) is 42.1. The molecule has 7 aromatic carbocycles. The van der Waals surface area contributed by atoms with Crippen molar-refractivity contribution in [3.05, 3.63) is 272 Å². The van der Waals surface area contributed by atoms with E-state index in [1.54, 1.807) is 41.9 Å². The van der Waals surface area contributed by atoms with Gasteiger partial charge < -0.3 is 57.3 Å². The number of methoxy groups -OCH3 is 2. The van der Waals surface area contributed by atoms with E-state index in [1.807, 2.05) is 97.9 Å². The fourth-order valence-electron chi connectivity index (χ4n) is 12.2. The van der Waals surface area contributed by atoms with E-state index in [0.717, 1.165) is 70.3 Å². The van der Waals surface area contributed by atoms with Crippen molar-refractivity contribution < 1.29 is 66.1 Å². The first kappa shape index (κ1) is 77.4. The quantitative estimate of drug-likeness (QED) is 0.0469. The summed E-state index contributed by atoms with van der Waals surface area (Å²) in [7, 11) is -1.32. The molecule has 0 radical (unpaired) electrons. The van der Waals surface area contributed by atoms with Crippen LogP contribution in [0.5, 0.6) is 0 Å². The highest BCUT2D eigenvalue weighted by Crippen LogP contribution is 2.47. The average Bonchev–Trinajstić information content (AvgIpc) is 1.11. The summed E-state index contributed by atoms with van der Waals surface area (Å²) >= 11 is 3.34. The molecule has 10 atom stereocenters. The molecule has 538 valence electrons. The smallest absolute Gasteiger partial charge is 0.225 e. The Kier molecular flexibility index (Phi) is 25.5. The summed E-state index contributed by atoms with van der Waals surface area (Å²) in [6.07, 6.45) is -6.60. The summed E-state index contributed by atoms with van der Waals surface area (Å²) in [4.78, 5) is 4.44. The van der Waals surface area contributed by atoms with E-state index in [-0.39, 0.29) is 34.9 Å². The summed E-state index contributed by atoms with van der Waals surface area (Å²) < 4.78 is 87.9. The van der Waals surface area contributed by atoms with Gasteiger partial charge in [0.2, 0.25) is 11.6 Å². The van der Waals surface area contributed by atoms with Gasteiger partial charge in [-0.15, -0.1) is 22.7 Å². The number of benzene rings is 7. The van der Waals surface area contributed by atoms with E-state index >= 15 is 0 Å². The molecule has 3 N–H and O–H groups in total. The lowest BCUT2D eigenvalue weighted by Crippen LogP contribution is -2.66. The summed E-state index contributed by atoms with van der Waals surface area (Å²) in [6, 6.07) is 64.1. The van der Waals surface area contributed by atoms with Gasteiger partial charge in [0.05, 0.1) is 33.0 Å². The summed E-state index contributed by atoms with van der Waals surface area (Å²) in [5.74, 6) is -3.64. The minimum atomic E-state index is -2.26. The predicted molar refractivity (Wildman–Crippen MR) is 404 cm³/mol. The second kappa shape index (κ2) is 33.2. The fraction of sp³-hybridized carbons (Fsp3) is 0.398. The Labute approximate surface area is 606 Å². The molecule has 2 saturated heterocycles. The monoisotopic (exact) mass is 1450 g/mol. The molecular weight excluding hydrogens is 1350 g/mol. The van der Waals surface area contributed by atoms with Crippen molar-refractivity contribution in [2.75, 3.05) is 27.4 Å². The van der Waals surface area contributed by atoms with E-state index in [1.165, 1.54) is 36.3 Å². The van der Waals surface area contributed by atoms with Crippen molar-refractivity contribution in [1.29, 1.82) is 0 Å². The highest BCUT2D eigenvalue weighted by Gasteiger charge is 2.60. The molecule has 0 amide bonds. The lowest BCUT2D eigenvalue weighted by molar-refractivity contribution is -0.384. The number of aliphatic hydroxyl groups is 3. The van der Waals surface area contributed by atoms with E-state index in [9.17, 15) is 24.1 Å². The minimum absolute atomic E-state index is 0.0326. The SMILES string of the molecule is CO[C@@]1(c2ccc(C)c(Cc3ccc(-c4ccc(F)cc4)s3)c2)O[C@H](CO[Si](C)(C)C(C)(C)C)[C@@H](O)[C@H](O)[C@H]1O.CO[C@@]1(c2ccc(C)c(Cc3ccc(-c4ccc(F)cc4)s3)c2)O[C@H](CO[Si](C)(C)C(C)(C)C)[C@@H](OCc2ccccc2)[C@H](OCc2ccccc2)[C@H]1OCc1ccccc1. The van der Waals surface area contributed by atoms with Crippen LogP contribution in [0.3, 0.4) is 0 Å². The number of hydrogen-bond acceptors (Lipinski definition) is 14. The van der Waals surface area contributed by atoms with Crippen LogP contribution in [0.2, 0.25) is 36.3 Å². The molecule has 12 nitrogen and oxygen atoms in total. The lowest BCUT2D eigenvalue weighted by Gasteiger charge is -2.52. The molecule has 0 aliphatic carbocycles. The van der Waals surface area contributed by atoms with Gasteiger partial charge in [-0.2, -0.15) is 0 Å². The van der Waals surface area contributed by atoms with Gasteiger partial charge in [0, 0.05) is 57.7 Å². The third kappa shape index (κ3) is 18.5. The first-order chi connectivity index (χ1) is 48.0. The Bertz CT molecular complexity index is 4090. The van der Waals surface area contributed by atoms with Crippen molar-refractivity contribution in [3.63, 3.8) is 0 Å². The second-order valence-corrected chi connectivity index (χ2v) is 41.5. The maximum Gasteiger partial charge on any atom is 0.225 e. The standard InChI is InChI=1S/C52H59FO6SSi.C31H41FO6SSi/c1-37-23-26-43(31-42(37)32-45-29-30-47(60-45)41-24-27-44(53)28-25-41)52(54-5)50(57-35-40-21-15-10-16-22-40)49(56-34-39-19-13-9-14-20-39)48(55-33-38-17-11-8-12-18-38)46(59-52)36-58-61(6,7)51(2,3)4;1-19-8-11-22(16-21(19)17-24-14-15-26(39-24)20-9-12-23(32)13-10-20)31(36-5)29(35)28(34)27(33)25(38-31)18-37-40(6,7)30(2,3)4/h8-31,46,48-50H,32-36H2,1-7H3;8-16,25,27-29,33-35H,17-18H2,1-7H3/t46-,48-,49+,50-,52+;25-,27-,28+,29-,31+/m11/s1. The van der Waals surface area contributed by atoms with Crippen LogP contribution >= 0.6 is 22.7 Å². The van der Waals surface area contributed by atoms with Gasteiger partial charge in [0.1, 0.15) is 60.5 Å². The number of aryl methyl sites for hydroxylation is 2. The molecule has 11 rings (SSSR count). The van der Waals surface area contributed by atoms with Crippen molar-refractivity contribution >= 4 is 39.3 Å². The number of aliphatic hydroxyl groups excluding tert-OH is 3. The van der Waals surface area contributed by atoms with Gasteiger partial charge in [-0.3, -0.25) is 0 Å². The number of hydrogen-bond donors (Lipinski definition) is 3. The van der Waals surface area contributed by atoms with Gasteiger partial charge in [-0.05, 0) is 161 Å². The predicted octanol–water partition coefficient (Wildman–Crippen LogP) is 18.2. The summed E-state index contributed by atoms with van der Waals surface area (Å²) in [6.45, 7) is 27.3. The topological polar surface area (TPSA) is 144 Å². The Balaban J connectivity index is 0.000000238. The van der Waals surface area contributed by atoms with Crippen LogP contribution in [-0.2, 0) is 86.2 Å². The zero-order chi connectivity index (χ0) is 72.5. The highest BCUT2D eigenvalue weighted by atomic mass is 32.1. The average molecular weight is 1450 g/mol. The van der Waals surface area contributed by atoms with Gasteiger partial charge >= 0.3 is 0 Å². The number of thiophene rings is 2. The molecule has 2 aliphatic heterocycles. The molecule has 4 heterocycles. The van der Waals surface area contributed by atoms with Gasteiger partial charge in [-0.1, -0.05) is 181 Å². The number of ether oxygens (including phenoxy) is 7. The van der Waals surface area contributed by atoms with Crippen LogP contribution in [-0.4, -0.2) is 108 Å². The number of halogens is 2. The minimum Gasteiger partial charge on any atom is -0.414 e. The highest BCUT2D eigenvalue weighted by molar-refractivity contribution is 7.15. The molecule has 2 fully saturated rings. The molecule has 18 heteroatoms. The van der Waals surface area contributed by atoms with Crippen LogP contribution < -0.4 is 0 Å². The molecular formula is C83H100F2O12S2Si2. The Morgan fingerprint density at radius 1 is 0.455 bits per heavy atom. The lowest BCUT2D eigenvalue weighted by atomic mass is 9.85. The van der Waals surface area contributed by atoms with Crippen LogP contribution in [0.1, 0.15) is 101 Å². The Hall–Kier alpha value is -6.25. The van der Waals surface area contributed by atoms with Crippen LogP contribution in [0, 0.1) is 25.5 Å². The molecule has 0 saturated carbocycles. The van der Waals surface area contributed by atoms with Crippen LogP contribution in [0.25, 0.3) is 20.9 Å². The van der Waals surface area contributed by atoms with Crippen LogP contribution in [0.15, 0.2) is 200 Å². The maximum atomic E-state index is 13.7. The van der Waals surface area contributed by atoms with Crippen molar-refractivity contribution in [3.8, 4) is 20.9 Å². The van der Waals surface area contributed by atoms with Gasteiger partial charge in [-0.25, -0.2) is 8.78 Å². The Morgan fingerprint density at radius 2 is 0.842 bits per heavy atom. The van der Waals surface area contributed by atoms with Crippen molar-refractivity contribution in [2.45, 2.75) is 185 Å². The summed E-state index contributed by atoms with van der Waals surface area (Å²) in [5.41, 5.74) is 10.7. The zero-order valence-electron chi connectivity index (χ0n) is 60.7. The van der Waals surface area contributed by atoms with E-state index < -0.39 is 77.0 Å². The molecule has 0 unspecified atom stereocenters. The second-order valence-electron chi connectivity index (χ2n) is 29.5. The van der Waals surface area contributed by atoms with E-state index in [2.05, 4.69) is 147 Å². The third-order valence-electron chi connectivity index (χ3n) is 20.6. The molecule has 2 aromatic heterocycles. The number of rotatable bonds is 25. The van der Waals surface area contributed by atoms with Gasteiger partial charge in [0.15, 0.2) is 16.6 Å². The van der Waals surface area contributed by atoms with Crippen molar-refractivity contribution in [2.24, 2.45) is 0 Å². The normalized spacial score (nSPS) is 22.8. The Morgan fingerprint density at radius 3 is 1.26 bits per heavy atom.